The minimum Gasteiger partial charge on any atom is -0.497 e. The number of likely N-dealkylation sites (N-methyl/N-ethyl adjacent to an activating group) is 1. The Hall–Kier alpha value is -5.89. The predicted octanol–water partition coefficient (Wildman–Crippen LogP) is 5.58. The predicted molar refractivity (Wildman–Crippen MR) is 218 cm³/mol. The number of amides is 2. The molecule has 7 rings (SSSR count). The topological polar surface area (TPSA) is 143 Å². The van der Waals surface area contributed by atoms with Crippen LogP contribution in [0.15, 0.2) is 64.5 Å². The number of piperidine rings is 1. The first-order valence-electron chi connectivity index (χ1n) is 19.1. The summed E-state index contributed by atoms with van der Waals surface area (Å²) in [5.41, 5.74) is 12.4. The van der Waals surface area contributed by atoms with E-state index in [1.165, 1.54) is 6.20 Å². The number of aromatic nitrogens is 1. The lowest BCUT2D eigenvalue weighted by Gasteiger charge is -2.34. The second-order valence-corrected chi connectivity index (χ2v) is 15.1. The lowest BCUT2D eigenvalue weighted by atomic mass is 9.91. The molecule has 3 aromatic carbocycles. The lowest BCUT2D eigenvalue weighted by Crippen LogP contribution is -2.51. The average Bonchev–Trinajstić information content (AvgIpc) is 3.68. The van der Waals surface area contributed by atoms with Gasteiger partial charge in [-0.2, -0.15) is 0 Å². The summed E-state index contributed by atoms with van der Waals surface area (Å²) in [4.78, 5) is 59.8. The standard InChI is InChI=1S/C43H47F2N7O5/c1-25-14-35-38(50(3)43(25)56)17-32(57-4)18-39(35)52-12-5-6-26-16-33(34(41(44)45)19-37(26)52)29(20-46)21-47-30-11-13-51(23-30)31-8-7-27(24-53)28(15-31)22-49(2)36-9-10-40(54)48-42(36)55/h7-8,14-21,24,30,36,41H,5-6,9-13,22-23,46H2,1-4H3,(H,48,54,55)/b29-20+,47-21?. The highest BCUT2D eigenvalue weighted by molar-refractivity contribution is 6.10. The number of imide groups is 1. The zero-order valence-corrected chi connectivity index (χ0v) is 32.6. The van der Waals surface area contributed by atoms with Gasteiger partial charge in [0.1, 0.15) is 12.0 Å². The van der Waals surface area contributed by atoms with E-state index < -0.39 is 12.5 Å². The quantitative estimate of drug-likeness (QED) is 0.113. The van der Waals surface area contributed by atoms with E-state index in [4.69, 9.17) is 15.5 Å². The van der Waals surface area contributed by atoms with Gasteiger partial charge >= 0.3 is 0 Å². The highest BCUT2D eigenvalue weighted by atomic mass is 19.3. The van der Waals surface area contributed by atoms with Crippen LogP contribution in [-0.4, -0.2) is 79.7 Å². The number of pyridine rings is 1. The van der Waals surface area contributed by atoms with Crippen molar-refractivity contribution in [3.05, 3.63) is 98.5 Å². The average molecular weight is 780 g/mol. The van der Waals surface area contributed by atoms with Crippen LogP contribution in [0, 0.1) is 6.92 Å². The molecule has 12 nitrogen and oxygen atoms in total. The van der Waals surface area contributed by atoms with Gasteiger partial charge in [-0.15, -0.1) is 0 Å². The fourth-order valence-electron chi connectivity index (χ4n) is 8.35. The number of carbonyl (C=O) groups is 3. The number of fused-ring (bicyclic) bond motifs is 2. The lowest BCUT2D eigenvalue weighted by molar-refractivity contribution is -0.137. The maximum absolute atomic E-state index is 15.0. The SMILES string of the molecule is COc1cc(N2CCCc3cc(/C(C=NC4CCN(c5ccc(C=O)c(CN(C)C6CCC(=O)NC6=O)c5)C4)=C/N)c(C(F)F)cc32)c2cc(C)c(=O)n(C)c2c1. The van der Waals surface area contributed by atoms with E-state index in [1.54, 1.807) is 57.1 Å². The van der Waals surface area contributed by atoms with Crippen molar-refractivity contribution in [2.45, 2.75) is 64.1 Å². The summed E-state index contributed by atoms with van der Waals surface area (Å²) < 4.78 is 37.2. The van der Waals surface area contributed by atoms with Crippen LogP contribution in [0.1, 0.15) is 70.3 Å². The summed E-state index contributed by atoms with van der Waals surface area (Å²) in [6.45, 7) is 3.96. The number of methoxy groups -OCH3 is 1. The highest BCUT2D eigenvalue weighted by Gasteiger charge is 2.31. The van der Waals surface area contributed by atoms with Gasteiger partial charge in [0.2, 0.25) is 11.8 Å². The number of ether oxygens (including phenoxy) is 1. The Bertz CT molecular complexity index is 2370. The second kappa shape index (κ2) is 16.3. The number of allylic oxidation sites excluding steroid dienone is 1. The van der Waals surface area contributed by atoms with Crippen molar-refractivity contribution in [3.63, 3.8) is 0 Å². The van der Waals surface area contributed by atoms with Gasteiger partial charge in [0.25, 0.3) is 12.0 Å². The van der Waals surface area contributed by atoms with Gasteiger partial charge in [-0.25, -0.2) is 8.78 Å². The van der Waals surface area contributed by atoms with Crippen molar-refractivity contribution >= 4 is 57.9 Å². The van der Waals surface area contributed by atoms with Crippen molar-refractivity contribution in [3.8, 4) is 5.75 Å². The number of rotatable bonds is 11. The number of nitrogens with one attached hydrogen (secondary N) is 1. The number of carbonyl (C=O) groups excluding carboxylic acids is 3. The Kier molecular flexibility index (Phi) is 11.3. The molecule has 1 aromatic heterocycles. The molecule has 4 heterocycles. The van der Waals surface area contributed by atoms with E-state index in [9.17, 15) is 28.0 Å². The monoisotopic (exact) mass is 779 g/mol. The molecule has 14 heteroatoms. The largest absolute Gasteiger partial charge is 0.497 e. The van der Waals surface area contributed by atoms with E-state index in [1.807, 2.05) is 40.1 Å². The molecular weight excluding hydrogens is 733 g/mol. The molecular formula is C43H47F2N7O5. The molecule has 2 fully saturated rings. The number of alkyl halides is 2. The summed E-state index contributed by atoms with van der Waals surface area (Å²) in [6.07, 6.45) is 3.78. The number of nitrogens with two attached hydrogens (primary N) is 1. The maximum Gasteiger partial charge on any atom is 0.264 e. The molecule has 57 heavy (non-hydrogen) atoms. The normalized spacial score (nSPS) is 18.9. The molecule has 298 valence electrons. The van der Waals surface area contributed by atoms with Crippen LogP contribution in [0.2, 0.25) is 0 Å². The van der Waals surface area contributed by atoms with Crippen molar-refractivity contribution in [1.82, 2.24) is 14.8 Å². The van der Waals surface area contributed by atoms with E-state index in [2.05, 4.69) is 10.2 Å². The van der Waals surface area contributed by atoms with E-state index in [-0.39, 0.29) is 35.4 Å². The van der Waals surface area contributed by atoms with Crippen LogP contribution in [0.3, 0.4) is 0 Å². The van der Waals surface area contributed by atoms with Crippen molar-refractivity contribution < 1.29 is 27.9 Å². The van der Waals surface area contributed by atoms with Crippen LogP contribution >= 0.6 is 0 Å². The minimum atomic E-state index is -2.79. The smallest absolute Gasteiger partial charge is 0.264 e. The Morgan fingerprint density at radius 1 is 1.07 bits per heavy atom. The Balaban J connectivity index is 1.12. The van der Waals surface area contributed by atoms with Gasteiger partial charge in [0.15, 0.2) is 0 Å². The van der Waals surface area contributed by atoms with Crippen LogP contribution in [0.5, 0.6) is 5.75 Å². The van der Waals surface area contributed by atoms with Crippen LogP contribution in [-0.2, 0) is 29.6 Å². The van der Waals surface area contributed by atoms with Gasteiger partial charge in [-0.1, -0.05) is 0 Å². The van der Waals surface area contributed by atoms with E-state index >= 15 is 0 Å². The first-order chi connectivity index (χ1) is 27.4. The van der Waals surface area contributed by atoms with Crippen molar-refractivity contribution in [1.29, 1.82) is 0 Å². The number of hydrogen-bond acceptors (Lipinski definition) is 10. The van der Waals surface area contributed by atoms with E-state index in [0.717, 1.165) is 47.0 Å². The van der Waals surface area contributed by atoms with Crippen molar-refractivity contribution in [2.24, 2.45) is 17.8 Å². The van der Waals surface area contributed by atoms with Gasteiger partial charge < -0.3 is 24.8 Å². The summed E-state index contributed by atoms with van der Waals surface area (Å²) in [6, 6.07) is 13.9. The minimum absolute atomic E-state index is 0.118. The summed E-state index contributed by atoms with van der Waals surface area (Å²) in [5, 5.41) is 3.21. The Morgan fingerprint density at radius 3 is 2.60 bits per heavy atom. The van der Waals surface area contributed by atoms with Crippen LogP contribution in [0.25, 0.3) is 16.5 Å². The number of aryl methyl sites for hydroxylation is 3. The first kappa shape index (κ1) is 39.3. The van der Waals surface area contributed by atoms with Crippen LogP contribution < -0.4 is 31.1 Å². The molecule has 0 spiro atoms. The molecule has 0 bridgehead atoms. The van der Waals surface area contributed by atoms with Gasteiger partial charge in [0, 0.05) is 103 Å². The highest BCUT2D eigenvalue weighted by Crippen LogP contribution is 2.43. The fraction of sp³-hybridized carbons (Fsp3) is 0.372. The molecule has 3 N–H and O–H groups in total. The number of aliphatic imine (C=N–C) groups is 1. The second-order valence-electron chi connectivity index (χ2n) is 15.1. The maximum atomic E-state index is 15.0. The third-order valence-corrected chi connectivity index (χ3v) is 11.5. The number of halogens is 2. The molecule has 3 aliphatic rings. The summed E-state index contributed by atoms with van der Waals surface area (Å²) in [5.74, 6) is -0.0660. The van der Waals surface area contributed by atoms with Crippen LogP contribution in [0.4, 0.5) is 25.8 Å². The zero-order valence-electron chi connectivity index (χ0n) is 32.6. The Morgan fingerprint density at radius 2 is 1.88 bits per heavy atom. The third kappa shape index (κ3) is 7.78. The summed E-state index contributed by atoms with van der Waals surface area (Å²) >= 11 is 0. The molecule has 2 saturated heterocycles. The first-order valence-corrected chi connectivity index (χ1v) is 19.1. The number of benzene rings is 3. The molecule has 3 aliphatic heterocycles. The van der Waals surface area contributed by atoms with E-state index in [0.29, 0.717) is 78.2 Å². The van der Waals surface area contributed by atoms with Gasteiger partial charge in [-0.3, -0.25) is 34.4 Å². The molecule has 0 saturated carbocycles. The third-order valence-electron chi connectivity index (χ3n) is 11.5. The molecule has 4 aromatic rings. The zero-order chi connectivity index (χ0) is 40.5. The molecule has 2 amide bonds. The fourth-order valence-corrected chi connectivity index (χ4v) is 8.35. The van der Waals surface area contributed by atoms with Crippen molar-refractivity contribution in [2.75, 3.05) is 43.6 Å². The molecule has 0 aliphatic carbocycles. The molecule has 0 radical (unpaired) electrons. The number of anilines is 3. The molecule has 2 unspecified atom stereocenters. The van der Waals surface area contributed by atoms with Gasteiger partial charge in [0.05, 0.1) is 30.4 Å². The Labute approximate surface area is 329 Å². The number of hydrogen-bond donors (Lipinski definition) is 2. The number of nitrogens with zero attached hydrogens (tertiary/aromatic N) is 5. The summed E-state index contributed by atoms with van der Waals surface area (Å²) in [7, 11) is 5.08. The number of aldehydes is 1. The van der Waals surface area contributed by atoms with Gasteiger partial charge in [-0.05, 0) is 92.7 Å². The molecule has 2 atom stereocenters.